The highest BCUT2D eigenvalue weighted by Gasteiger charge is 2.16. The molecule has 0 fully saturated rings. The van der Waals surface area contributed by atoms with Gasteiger partial charge in [-0.05, 0) is 35.0 Å². The summed E-state index contributed by atoms with van der Waals surface area (Å²) in [6.45, 7) is 1.89. The van der Waals surface area contributed by atoms with E-state index in [0.717, 1.165) is 15.4 Å². The van der Waals surface area contributed by atoms with E-state index in [1.807, 2.05) is 25.1 Å². The molecule has 1 unspecified atom stereocenters. The third-order valence-corrected chi connectivity index (χ3v) is 3.71. The third kappa shape index (κ3) is 2.34. The molecule has 3 aromatic rings. The Bertz CT molecular complexity index is 749. The molecule has 3 rings (SSSR count). The largest absolute Gasteiger partial charge is 0.450 e. The van der Waals surface area contributed by atoms with Crippen molar-refractivity contribution in [3.8, 4) is 0 Å². The lowest BCUT2D eigenvalue weighted by Crippen LogP contribution is -2.25. The number of rotatable bonds is 3. The second-order valence-electron chi connectivity index (χ2n) is 4.50. The van der Waals surface area contributed by atoms with Gasteiger partial charge in [0.05, 0.1) is 16.7 Å². The van der Waals surface area contributed by atoms with E-state index in [-0.39, 0.29) is 11.9 Å². The van der Waals surface area contributed by atoms with Crippen molar-refractivity contribution in [2.24, 2.45) is 0 Å². The minimum atomic E-state index is -0.248. The molecule has 1 amide bonds. The number of carbonyl (C=O) groups is 1. The van der Waals surface area contributed by atoms with E-state index < -0.39 is 0 Å². The van der Waals surface area contributed by atoms with Gasteiger partial charge in [0, 0.05) is 17.1 Å². The van der Waals surface area contributed by atoms with Crippen LogP contribution in [-0.2, 0) is 0 Å². The molecule has 2 aromatic heterocycles. The standard InChI is InChI=1S/C14H12BrN3O2/c1-8(10-6-16-17-7-10)18-14(19)12-5-9-3-2-4-11(15)13(9)20-12/h2-8H,1H3,(H,16,17)(H,18,19). The highest BCUT2D eigenvalue weighted by molar-refractivity contribution is 9.10. The van der Waals surface area contributed by atoms with Gasteiger partial charge in [-0.25, -0.2) is 0 Å². The van der Waals surface area contributed by atoms with Crippen molar-refractivity contribution < 1.29 is 9.21 Å². The van der Waals surface area contributed by atoms with Gasteiger partial charge >= 0.3 is 0 Å². The number of fused-ring (bicyclic) bond motifs is 1. The molecule has 1 aromatic carbocycles. The Morgan fingerprint density at radius 2 is 2.35 bits per heavy atom. The number of aromatic amines is 1. The van der Waals surface area contributed by atoms with Gasteiger partial charge < -0.3 is 9.73 Å². The lowest BCUT2D eigenvalue weighted by Gasteiger charge is -2.10. The van der Waals surface area contributed by atoms with E-state index in [1.54, 1.807) is 18.5 Å². The van der Waals surface area contributed by atoms with Crippen LogP contribution in [0.5, 0.6) is 0 Å². The maximum absolute atomic E-state index is 12.2. The van der Waals surface area contributed by atoms with Gasteiger partial charge in [-0.1, -0.05) is 12.1 Å². The predicted octanol–water partition coefficient (Wildman–Crippen LogP) is 3.41. The smallest absolute Gasteiger partial charge is 0.287 e. The highest BCUT2D eigenvalue weighted by Crippen LogP contribution is 2.27. The summed E-state index contributed by atoms with van der Waals surface area (Å²) in [5, 5.41) is 10.3. The number of aromatic nitrogens is 2. The lowest BCUT2D eigenvalue weighted by molar-refractivity contribution is 0.0914. The van der Waals surface area contributed by atoms with E-state index in [9.17, 15) is 4.79 Å². The molecule has 0 saturated heterocycles. The summed E-state index contributed by atoms with van der Waals surface area (Å²) in [6.07, 6.45) is 3.43. The number of hydrogen-bond donors (Lipinski definition) is 2. The molecule has 2 heterocycles. The van der Waals surface area contributed by atoms with Gasteiger partial charge in [0.15, 0.2) is 5.76 Å². The minimum Gasteiger partial charge on any atom is -0.450 e. The first kappa shape index (κ1) is 12.9. The fourth-order valence-corrected chi connectivity index (χ4v) is 2.45. The van der Waals surface area contributed by atoms with E-state index in [0.29, 0.717) is 11.3 Å². The van der Waals surface area contributed by atoms with Crippen LogP contribution in [0.25, 0.3) is 11.0 Å². The maximum Gasteiger partial charge on any atom is 0.287 e. The number of carbonyl (C=O) groups excluding carboxylic acids is 1. The summed E-state index contributed by atoms with van der Waals surface area (Å²) in [4.78, 5) is 12.2. The van der Waals surface area contributed by atoms with Gasteiger partial charge in [-0.3, -0.25) is 9.89 Å². The van der Waals surface area contributed by atoms with E-state index in [4.69, 9.17) is 4.42 Å². The van der Waals surface area contributed by atoms with Gasteiger partial charge in [-0.15, -0.1) is 0 Å². The number of amides is 1. The summed E-state index contributed by atoms with van der Waals surface area (Å²) >= 11 is 3.40. The quantitative estimate of drug-likeness (QED) is 0.771. The van der Waals surface area contributed by atoms with Crippen LogP contribution in [0.2, 0.25) is 0 Å². The molecular weight excluding hydrogens is 322 g/mol. The van der Waals surface area contributed by atoms with Crippen molar-refractivity contribution >= 4 is 32.8 Å². The summed E-state index contributed by atoms with van der Waals surface area (Å²) in [7, 11) is 0. The molecule has 5 nitrogen and oxygen atoms in total. The van der Waals surface area contributed by atoms with Crippen molar-refractivity contribution in [2.45, 2.75) is 13.0 Å². The average Bonchev–Trinajstić information content (AvgIpc) is 3.08. The van der Waals surface area contributed by atoms with Crippen LogP contribution in [0.3, 0.4) is 0 Å². The maximum atomic E-state index is 12.2. The summed E-state index contributed by atoms with van der Waals surface area (Å²) < 4.78 is 6.43. The fourth-order valence-electron chi connectivity index (χ4n) is 1.99. The number of H-pyrrole nitrogens is 1. The van der Waals surface area contributed by atoms with Crippen LogP contribution in [0.15, 0.2) is 45.5 Å². The Kier molecular flexibility index (Phi) is 3.31. The Balaban J connectivity index is 1.84. The average molecular weight is 334 g/mol. The topological polar surface area (TPSA) is 70.9 Å². The minimum absolute atomic E-state index is 0.141. The Morgan fingerprint density at radius 1 is 1.50 bits per heavy atom. The van der Waals surface area contributed by atoms with Gasteiger partial charge in [0.2, 0.25) is 0 Å². The van der Waals surface area contributed by atoms with Gasteiger partial charge in [-0.2, -0.15) is 5.10 Å². The number of benzene rings is 1. The molecule has 0 bridgehead atoms. The molecular formula is C14H12BrN3O2. The van der Waals surface area contributed by atoms with Crippen molar-refractivity contribution in [3.63, 3.8) is 0 Å². The van der Waals surface area contributed by atoms with E-state index in [2.05, 4.69) is 31.4 Å². The summed E-state index contributed by atoms with van der Waals surface area (Å²) in [5.41, 5.74) is 1.59. The van der Waals surface area contributed by atoms with E-state index in [1.165, 1.54) is 0 Å². The van der Waals surface area contributed by atoms with Crippen molar-refractivity contribution in [1.82, 2.24) is 15.5 Å². The summed E-state index contributed by atoms with van der Waals surface area (Å²) in [5.74, 6) is 0.0454. The molecule has 0 aliphatic heterocycles. The van der Waals surface area contributed by atoms with Crippen LogP contribution in [-0.4, -0.2) is 16.1 Å². The molecule has 0 radical (unpaired) electrons. The number of halogens is 1. The number of para-hydroxylation sites is 1. The van der Waals surface area contributed by atoms with Gasteiger partial charge in [0.25, 0.3) is 5.91 Å². The monoisotopic (exact) mass is 333 g/mol. The molecule has 0 aliphatic rings. The number of nitrogens with one attached hydrogen (secondary N) is 2. The van der Waals surface area contributed by atoms with E-state index >= 15 is 0 Å². The second-order valence-corrected chi connectivity index (χ2v) is 5.35. The molecule has 2 N–H and O–H groups in total. The molecule has 1 atom stereocenters. The number of nitrogens with zero attached hydrogens (tertiary/aromatic N) is 1. The molecule has 20 heavy (non-hydrogen) atoms. The van der Waals surface area contributed by atoms with Gasteiger partial charge in [0.1, 0.15) is 5.58 Å². The Morgan fingerprint density at radius 3 is 3.05 bits per heavy atom. The lowest BCUT2D eigenvalue weighted by atomic mass is 10.2. The summed E-state index contributed by atoms with van der Waals surface area (Å²) in [6, 6.07) is 7.27. The van der Waals surface area contributed by atoms with Crippen LogP contribution >= 0.6 is 15.9 Å². The Hall–Kier alpha value is -2.08. The molecule has 0 spiro atoms. The Labute approximate surface area is 123 Å². The van der Waals surface area contributed by atoms with Crippen LogP contribution in [0, 0.1) is 0 Å². The first-order valence-electron chi connectivity index (χ1n) is 6.13. The second kappa shape index (κ2) is 5.13. The van der Waals surface area contributed by atoms with Crippen LogP contribution in [0.4, 0.5) is 0 Å². The van der Waals surface area contributed by atoms with Crippen LogP contribution < -0.4 is 5.32 Å². The normalized spacial score (nSPS) is 12.5. The third-order valence-electron chi connectivity index (χ3n) is 3.09. The zero-order valence-corrected chi connectivity index (χ0v) is 12.3. The predicted molar refractivity (Wildman–Crippen MR) is 78.4 cm³/mol. The molecule has 0 saturated carbocycles. The van der Waals surface area contributed by atoms with Crippen molar-refractivity contribution in [3.05, 3.63) is 52.5 Å². The highest BCUT2D eigenvalue weighted by atomic mass is 79.9. The first-order valence-corrected chi connectivity index (χ1v) is 6.92. The molecule has 6 heteroatoms. The fraction of sp³-hybridized carbons (Fsp3) is 0.143. The van der Waals surface area contributed by atoms with Crippen molar-refractivity contribution in [2.75, 3.05) is 0 Å². The molecule has 0 aliphatic carbocycles. The van der Waals surface area contributed by atoms with Crippen molar-refractivity contribution in [1.29, 1.82) is 0 Å². The zero-order chi connectivity index (χ0) is 14.1. The first-order chi connectivity index (χ1) is 9.65. The number of hydrogen-bond acceptors (Lipinski definition) is 3. The number of furan rings is 1. The SMILES string of the molecule is CC(NC(=O)c1cc2cccc(Br)c2o1)c1cn[nH]c1. The molecule has 102 valence electrons. The zero-order valence-electron chi connectivity index (χ0n) is 10.7. The van der Waals surface area contributed by atoms with Crippen LogP contribution in [0.1, 0.15) is 29.1 Å².